The Morgan fingerprint density at radius 1 is 0.692 bits per heavy atom. The van der Waals surface area contributed by atoms with Gasteiger partial charge in [-0.05, 0) is 53.1 Å². The van der Waals surface area contributed by atoms with Crippen molar-refractivity contribution in [1.82, 2.24) is 0 Å². The van der Waals surface area contributed by atoms with Crippen molar-refractivity contribution < 1.29 is 0 Å². The van der Waals surface area contributed by atoms with Gasteiger partial charge in [0.25, 0.3) is 0 Å². The molecule has 0 saturated heterocycles. The fraction of sp³-hybridized carbons (Fsp3) is 0.0400. The Kier molecular flexibility index (Phi) is 3.57. The summed E-state index contributed by atoms with van der Waals surface area (Å²) in [5, 5.41) is 0. The Morgan fingerprint density at radius 3 is 2.27 bits per heavy atom. The van der Waals surface area contributed by atoms with E-state index >= 15 is 0 Å². The Hall–Kier alpha value is -3.32. The van der Waals surface area contributed by atoms with E-state index in [-0.39, 0.29) is 0 Å². The monoisotopic (exact) mass is 333 g/mol. The molecule has 1 heterocycles. The van der Waals surface area contributed by atoms with Crippen LogP contribution in [-0.2, 0) is 0 Å². The van der Waals surface area contributed by atoms with Crippen LogP contribution < -0.4 is 4.90 Å². The van der Waals surface area contributed by atoms with Crippen molar-refractivity contribution in [2.45, 2.75) is 5.92 Å². The van der Waals surface area contributed by atoms with Crippen LogP contribution in [0.25, 0.3) is 11.1 Å². The molecule has 0 radical (unpaired) electrons. The zero-order valence-corrected chi connectivity index (χ0v) is 14.4. The van der Waals surface area contributed by atoms with Crippen LogP contribution in [0.2, 0.25) is 0 Å². The molecule has 0 amide bonds. The fourth-order valence-electron chi connectivity index (χ4n) is 3.82. The minimum Gasteiger partial charge on any atom is -0.310 e. The van der Waals surface area contributed by atoms with Crippen LogP contribution in [0.5, 0.6) is 0 Å². The molecule has 0 fully saturated rings. The fourth-order valence-corrected chi connectivity index (χ4v) is 3.82. The van der Waals surface area contributed by atoms with Crippen LogP contribution >= 0.6 is 0 Å². The largest absolute Gasteiger partial charge is 0.310 e. The highest BCUT2D eigenvalue weighted by atomic mass is 15.2. The third kappa shape index (κ3) is 2.49. The second-order valence-corrected chi connectivity index (χ2v) is 6.67. The number of hydrogen-bond donors (Lipinski definition) is 0. The summed E-state index contributed by atoms with van der Waals surface area (Å²) >= 11 is 0. The van der Waals surface area contributed by atoms with Crippen molar-refractivity contribution in [3.63, 3.8) is 0 Å². The summed E-state index contributed by atoms with van der Waals surface area (Å²) in [7, 11) is 0. The third-order valence-corrected chi connectivity index (χ3v) is 5.05. The Balaban J connectivity index is 1.70. The van der Waals surface area contributed by atoms with E-state index in [0.717, 1.165) is 0 Å². The third-order valence-electron chi connectivity index (χ3n) is 5.05. The van der Waals surface area contributed by atoms with Crippen LogP contribution in [0.4, 0.5) is 11.4 Å². The molecule has 2 aliphatic rings. The molecule has 3 aromatic carbocycles. The summed E-state index contributed by atoms with van der Waals surface area (Å²) in [6.07, 6.45) is 11.1. The maximum absolute atomic E-state index is 2.35. The number of allylic oxidation sites excluding steroid dienone is 5. The SMILES string of the molecule is C1=CC2=CC(C=C1)c1cc(-c3ccccc3)ccc1N2c1ccccc1. The summed E-state index contributed by atoms with van der Waals surface area (Å²) in [4.78, 5) is 2.35. The molecule has 0 N–H and O–H groups in total. The van der Waals surface area contributed by atoms with Gasteiger partial charge in [-0.3, -0.25) is 0 Å². The van der Waals surface area contributed by atoms with Crippen LogP contribution in [0.1, 0.15) is 11.5 Å². The first kappa shape index (κ1) is 15.0. The second kappa shape index (κ2) is 6.20. The summed E-state index contributed by atoms with van der Waals surface area (Å²) in [5.41, 5.74) is 7.55. The van der Waals surface area contributed by atoms with Gasteiger partial charge in [-0.25, -0.2) is 0 Å². The Bertz CT molecular complexity index is 1030. The minimum atomic E-state index is 0.304. The molecule has 5 rings (SSSR count). The van der Waals surface area contributed by atoms with Gasteiger partial charge in [-0.1, -0.05) is 72.8 Å². The molecular formula is C25H19N. The lowest BCUT2D eigenvalue weighted by Crippen LogP contribution is -2.21. The molecule has 124 valence electrons. The van der Waals surface area contributed by atoms with E-state index < -0.39 is 0 Å². The molecule has 2 bridgehead atoms. The molecule has 1 heteroatoms. The first-order chi connectivity index (χ1) is 12.9. The van der Waals surface area contributed by atoms with Crippen molar-refractivity contribution >= 4 is 11.4 Å². The van der Waals surface area contributed by atoms with Crippen molar-refractivity contribution in [1.29, 1.82) is 0 Å². The minimum absolute atomic E-state index is 0.304. The number of anilines is 2. The predicted octanol–water partition coefficient (Wildman–Crippen LogP) is 6.60. The highest BCUT2D eigenvalue weighted by molar-refractivity contribution is 5.80. The van der Waals surface area contributed by atoms with Crippen molar-refractivity contribution in [3.8, 4) is 11.1 Å². The normalized spacial score (nSPS) is 17.5. The van der Waals surface area contributed by atoms with E-state index in [0.29, 0.717) is 5.92 Å². The van der Waals surface area contributed by atoms with Crippen molar-refractivity contribution in [2.75, 3.05) is 4.90 Å². The van der Waals surface area contributed by atoms with E-state index in [2.05, 4.69) is 114 Å². The molecule has 26 heavy (non-hydrogen) atoms. The zero-order chi connectivity index (χ0) is 17.3. The van der Waals surface area contributed by atoms with E-state index in [1.807, 2.05) is 0 Å². The molecular weight excluding hydrogens is 314 g/mol. The first-order valence-corrected chi connectivity index (χ1v) is 9.01. The van der Waals surface area contributed by atoms with Gasteiger partial charge in [0.05, 0.1) is 5.69 Å². The Morgan fingerprint density at radius 2 is 1.46 bits per heavy atom. The quantitative estimate of drug-likeness (QED) is 0.511. The van der Waals surface area contributed by atoms with Gasteiger partial charge in [0, 0.05) is 17.3 Å². The van der Waals surface area contributed by atoms with Crippen molar-refractivity contribution in [3.05, 3.63) is 121 Å². The molecule has 0 aromatic heterocycles. The molecule has 0 saturated carbocycles. The average molecular weight is 333 g/mol. The topological polar surface area (TPSA) is 3.24 Å². The summed E-state index contributed by atoms with van der Waals surface area (Å²) < 4.78 is 0. The Labute approximate surface area is 154 Å². The van der Waals surface area contributed by atoms with Crippen LogP contribution in [-0.4, -0.2) is 0 Å². The maximum Gasteiger partial charge on any atom is 0.0503 e. The summed E-state index contributed by atoms with van der Waals surface area (Å²) in [5.74, 6) is 0.304. The van der Waals surface area contributed by atoms with E-state index in [1.54, 1.807) is 0 Å². The van der Waals surface area contributed by atoms with Crippen LogP contribution in [0.3, 0.4) is 0 Å². The summed E-state index contributed by atoms with van der Waals surface area (Å²) in [6.45, 7) is 0. The molecule has 3 aromatic rings. The molecule has 1 unspecified atom stereocenters. The molecule has 0 spiro atoms. The standard InChI is InChI=1S/C25H19N/c1-3-9-19(10-4-1)20-15-16-25-24(18-20)21-11-7-8-14-23(17-21)26(25)22-12-5-2-6-13-22/h1-18,21H. The van der Waals surface area contributed by atoms with Crippen LogP contribution in [0, 0.1) is 0 Å². The zero-order valence-electron chi connectivity index (χ0n) is 14.4. The van der Waals surface area contributed by atoms with Gasteiger partial charge in [0.1, 0.15) is 0 Å². The number of nitrogens with zero attached hydrogens (tertiary/aromatic N) is 1. The highest BCUT2D eigenvalue weighted by Crippen LogP contribution is 2.44. The van der Waals surface area contributed by atoms with Gasteiger partial charge < -0.3 is 4.90 Å². The smallest absolute Gasteiger partial charge is 0.0503 e. The number of benzene rings is 3. The lowest BCUT2D eigenvalue weighted by Gasteiger charge is -2.34. The molecule has 1 atom stereocenters. The van der Waals surface area contributed by atoms with E-state index in [4.69, 9.17) is 0 Å². The second-order valence-electron chi connectivity index (χ2n) is 6.67. The van der Waals surface area contributed by atoms with Crippen LogP contribution in [0.15, 0.2) is 115 Å². The molecule has 1 aliphatic heterocycles. The van der Waals surface area contributed by atoms with Gasteiger partial charge in [-0.2, -0.15) is 0 Å². The predicted molar refractivity (Wildman–Crippen MR) is 110 cm³/mol. The number of rotatable bonds is 2. The number of fused-ring (bicyclic) bond motifs is 3. The van der Waals surface area contributed by atoms with Gasteiger partial charge in [0.2, 0.25) is 0 Å². The number of hydrogen-bond acceptors (Lipinski definition) is 1. The van der Waals surface area contributed by atoms with E-state index in [9.17, 15) is 0 Å². The maximum atomic E-state index is 2.35. The lowest BCUT2D eigenvalue weighted by molar-refractivity contribution is 0.999. The molecule has 1 aliphatic carbocycles. The van der Waals surface area contributed by atoms with Gasteiger partial charge in [-0.15, -0.1) is 0 Å². The van der Waals surface area contributed by atoms with Crippen molar-refractivity contribution in [2.24, 2.45) is 0 Å². The lowest BCUT2D eigenvalue weighted by atomic mass is 9.89. The summed E-state index contributed by atoms with van der Waals surface area (Å²) in [6, 6.07) is 28.0. The molecule has 1 nitrogen and oxygen atoms in total. The highest BCUT2D eigenvalue weighted by Gasteiger charge is 2.26. The average Bonchev–Trinajstić information content (AvgIpc) is 2.93. The number of para-hydroxylation sites is 1. The van der Waals surface area contributed by atoms with Gasteiger partial charge >= 0.3 is 0 Å². The van der Waals surface area contributed by atoms with E-state index in [1.165, 1.54) is 33.8 Å². The first-order valence-electron chi connectivity index (χ1n) is 9.01. The van der Waals surface area contributed by atoms with Gasteiger partial charge in [0.15, 0.2) is 0 Å².